The van der Waals surface area contributed by atoms with Crippen molar-refractivity contribution in [1.82, 2.24) is 25.5 Å². The highest BCUT2D eigenvalue weighted by Gasteiger charge is 2.42. The number of benzene rings is 5. The van der Waals surface area contributed by atoms with E-state index in [0.29, 0.717) is 12.4 Å². The Morgan fingerprint density at radius 3 is 1.66 bits per heavy atom. The van der Waals surface area contributed by atoms with Crippen molar-refractivity contribution in [3.8, 4) is 22.5 Å². The maximum absolute atomic E-state index is 11.1. The van der Waals surface area contributed by atoms with Crippen LogP contribution in [0.1, 0.15) is 22.3 Å². The molecule has 0 spiro atoms. The fourth-order valence-electron chi connectivity index (χ4n) is 5.41. The number of hydrogen-bond acceptors (Lipinski definition) is 4. The summed E-state index contributed by atoms with van der Waals surface area (Å²) >= 11 is 0. The molecule has 7 heteroatoms. The maximum atomic E-state index is 11.1. The lowest BCUT2D eigenvalue weighted by Gasteiger charge is -2.36. The van der Waals surface area contributed by atoms with E-state index in [1.165, 1.54) is 0 Å². The molecule has 200 valence electrons. The maximum Gasteiger partial charge on any atom is 0.312 e. The number of carbonyl (C=O) groups excluding carboxylic acids is 1. The molecule has 41 heavy (non-hydrogen) atoms. The van der Waals surface area contributed by atoms with Crippen LogP contribution >= 0.6 is 0 Å². The molecule has 1 aromatic heterocycles. The van der Waals surface area contributed by atoms with Crippen LogP contribution < -0.4 is 11.1 Å². The molecule has 0 bridgehead atoms. The second-order valence-corrected chi connectivity index (χ2v) is 9.68. The molecule has 0 atom stereocenters. The first kappa shape index (κ1) is 25.7. The van der Waals surface area contributed by atoms with Crippen LogP contribution in [0.25, 0.3) is 22.5 Å². The summed E-state index contributed by atoms with van der Waals surface area (Å²) in [5.74, 6) is 0.636. The number of rotatable bonds is 8. The van der Waals surface area contributed by atoms with Gasteiger partial charge in [-0.05, 0) is 43.8 Å². The third-order valence-electron chi connectivity index (χ3n) is 7.26. The molecular formula is C34H28N6O. The molecule has 7 nitrogen and oxygen atoms in total. The molecule has 1 heterocycles. The Bertz CT molecular complexity index is 1650. The molecule has 0 unspecified atom stereocenters. The zero-order chi connectivity index (χ0) is 28.1. The second-order valence-electron chi connectivity index (χ2n) is 9.68. The average molecular weight is 537 g/mol. The molecule has 6 aromatic rings. The SMILES string of the molecule is NC(=O)NCc1ccc(-c2ccccc2-c2nnnn2C(c2ccccc2)(c2ccccc2)c2ccccc2)cc1. The molecule has 6 rings (SSSR count). The summed E-state index contributed by atoms with van der Waals surface area (Å²) in [6, 6.07) is 46.6. The summed E-state index contributed by atoms with van der Waals surface area (Å²) in [7, 11) is 0. The van der Waals surface area contributed by atoms with Gasteiger partial charge in [-0.3, -0.25) is 0 Å². The van der Waals surface area contributed by atoms with Gasteiger partial charge in [-0.15, -0.1) is 5.10 Å². The highest BCUT2D eigenvalue weighted by atomic mass is 16.2. The van der Waals surface area contributed by atoms with Crippen LogP contribution in [0.5, 0.6) is 0 Å². The number of hydrogen-bond donors (Lipinski definition) is 2. The predicted molar refractivity (Wildman–Crippen MR) is 160 cm³/mol. The minimum absolute atomic E-state index is 0.364. The third kappa shape index (κ3) is 4.85. The van der Waals surface area contributed by atoms with E-state index in [4.69, 9.17) is 5.73 Å². The second kappa shape index (κ2) is 11.3. The van der Waals surface area contributed by atoms with Crippen molar-refractivity contribution in [1.29, 1.82) is 0 Å². The predicted octanol–water partition coefficient (Wildman–Crippen LogP) is 6.02. The van der Waals surface area contributed by atoms with Crippen molar-refractivity contribution >= 4 is 6.03 Å². The molecule has 2 amide bonds. The van der Waals surface area contributed by atoms with Gasteiger partial charge in [0.2, 0.25) is 0 Å². The smallest absolute Gasteiger partial charge is 0.312 e. The zero-order valence-corrected chi connectivity index (χ0v) is 22.3. The lowest BCUT2D eigenvalue weighted by molar-refractivity contribution is 0.248. The van der Waals surface area contributed by atoms with Crippen molar-refractivity contribution in [3.05, 3.63) is 162 Å². The molecule has 0 aliphatic carbocycles. The Labute approximate surface area is 238 Å². The topological polar surface area (TPSA) is 98.7 Å². The molecular weight excluding hydrogens is 508 g/mol. The van der Waals surface area contributed by atoms with E-state index >= 15 is 0 Å². The van der Waals surface area contributed by atoms with Crippen LogP contribution in [0.3, 0.4) is 0 Å². The zero-order valence-electron chi connectivity index (χ0n) is 22.3. The van der Waals surface area contributed by atoms with Gasteiger partial charge in [-0.25, -0.2) is 9.48 Å². The van der Waals surface area contributed by atoms with Crippen molar-refractivity contribution in [2.75, 3.05) is 0 Å². The standard InChI is InChI=1S/C34H28N6O/c35-33(41)36-24-25-20-22-26(23-21-25)30-18-10-11-19-31(30)32-37-38-39-40(32)34(27-12-4-1-5-13-27,28-14-6-2-7-15-28)29-16-8-3-9-17-29/h1-23H,24H2,(H3,35,36,41). The summed E-state index contributed by atoms with van der Waals surface area (Å²) in [6.07, 6.45) is 0. The van der Waals surface area contributed by atoms with E-state index in [1.54, 1.807) is 0 Å². The fraction of sp³-hybridized carbons (Fsp3) is 0.0588. The van der Waals surface area contributed by atoms with Gasteiger partial charge in [-0.2, -0.15) is 0 Å². The summed E-state index contributed by atoms with van der Waals surface area (Å²) in [4.78, 5) is 11.1. The lowest BCUT2D eigenvalue weighted by Crippen LogP contribution is -2.39. The van der Waals surface area contributed by atoms with E-state index in [9.17, 15) is 4.79 Å². The number of amides is 2. The van der Waals surface area contributed by atoms with Crippen LogP contribution in [0, 0.1) is 0 Å². The monoisotopic (exact) mass is 536 g/mol. The molecule has 0 radical (unpaired) electrons. The number of primary amides is 1. The Morgan fingerprint density at radius 2 is 1.15 bits per heavy atom. The number of nitrogens with zero attached hydrogens (tertiary/aromatic N) is 4. The van der Waals surface area contributed by atoms with Gasteiger partial charge < -0.3 is 11.1 Å². The molecule has 5 aromatic carbocycles. The molecule has 0 saturated heterocycles. The fourth-order valence-corrected chi connectivity index (χ4v) is 5.41. The number of urea groups is 1. The third-order valence-corrected chi connectivity index (χ3v) is 7.26. The molecule has 0 aliphatic rings. The Balaban J connectivity index is 1.57. The summed E-state index contributed by atoms with van der Waals surface area (Å²) in [6.45, 7) is 0.364. The molecule has 0 fully saturated rings. The van der Waals surface area contributed by atoms with E-state index in [2.05, 4.69) is 63.3 Å². The van der Waals surface area contributed by atoms with Crippen LogP contribution in [0.15, 0.2) is 140 Å². The Kier molecular flexibility index (Phi) is 7.07. The van der Waals surface area contributed by atoms with Crippen LogP contribution in [0.2, 0.25) is 0 Å². The molecule has 3 N–H and O–H groups in total. The summed E-state index contributed by atoms with van der Waals surface area (Å²) in [5.41, 5.74) is 11.3. The van der Waals surface area contributed by atoms with Gasteiger partial charge in [0.15, 0.2) is 5.82 Å². The Morgan fingerprint density at radius 1 is 0.659 bits per heavy atom. The minimum Gasteiger partial charge on any atom is -0.352 e. The normalized spacial score (nSPS) is 11.2. The summed E-state index contributed by atoms with van der Waals surface area (Å²) in [5, 5.41) is 16.2. The van der Waals surface area contributed by atoms with E-state index < -0.39 is 11.6 Å². The number of aromatic nitrogens is 4. The van der Waals surface area contributed by atoms with Gasteiger partial charge in [0.1, 0.15) is 5.54 Å². The highest BCUT2D eigenvalue weighted by Crippen LogP contribution is 2.43. The van der Waals surface area contributed by atoms with Crippen LogP contribution in [-0.2, 0) is 12.1 Å². The van der Waals surface area contributed by atoms with E-state index in [1.807, 2.05) is 102 Å². The minimum atomic E-state index is -0.847. The highest BCUT2D eigenvalue weighted by molar-refractivity contribution is 5.81. The molecule has 0 saturated carbocycles. The van der Waals surface area contributed by atoms with Crippen molar-refractivity contribution in [2.45, 2.75) is 12.1 Å². The largest absolute Gasteiger partial charge is 0.352 e. The van der Waals surface area contributed by atoms with Crippen LogP contribution in [0.4, 0.5) is 4.79 Å². The number of carbonyl (C=O) groups is 1. The quantitative estimate of drug-likeness (QED) is 0.233. The van der Waals surface area contributed by atoms with Crippen LogP contribution in [-0.4, -0.2) is 26.2 Å². The molecule has 0 aliphatic heterocycles. The average Bonchev–Trinajstić information content (AvgIpc) is 3.52. The van der Waals surface area contributed by atoms with E-state index in [-0.39, 0.29) is 0 Å². The van der Waals surface area contributed by atoms with Gasteiger partial charge in [0.05, 0.1) is 0 Å². The number of tetrazole rings is 1. The van der Waals surface area contributed by atoms with E-state index in [0.717, 1.165) is 38.9 Å². The lowest BCUT2D eigenvalue weighted by atomic mass is 9.77. The van der Waals surface area contributed by atoms with Crippen molar-refractivity contribution in [3.63, 3.8) is 0 Å². The van der Waals surface area contributed by atoms with Gasteiger partial charge in [-0.1, -0.05) is 140 Å². The van der Waals surface area contributed by atoms with Crippen molar-refractivity contribution in [2.24, 2.45) is 5.73 Å². The van der Waals surface area contributed by atoms with Gasteiger partial charge in [0, 0.05) is 12.1 Å². The first-order valence-electron chi connectivity index (χ1n) is 13.4. The first-order chi connectivity index (χ1) is 20.2. The van der Waals surface area contributed by atoms with Gasteiger partial charge in [0.25, 0.3) is 0 Å². The first-order valence-corrected chi connectivity index (χ1v) is 13.4. The Hall–Kier alpha value is -5.56. The number of nitrogens with two attached hydrogens (primary N) is 1. The van der Waals surface area contributed by atoms with Crippen molar-refractivity contribution < 1.29 is 4.79 Å². The summed E-state index contributed by atoms with van der Waals surface area (Å²) < 4.78 is 1.94. The number of nitrogens with one attached hydrogen (secondary N) is 1. The van der Waals surface area contributed by atoms with Gasteiger partial charge >= 0.3 is 6.03 Å².